The molecule has 1 aromatic heterocycles. The van der Waals surface area contributed by atoms with Crippen LogP contribution in [0.15, 0.2) is 42.7 Å². The Balaban J connectivity index is 2.41. The van der Waals surface area contributed by atoms with Crippen LogP contribution in [-0.2, 0) is 4.79 Å². The number of rotatable bonds is 3. The van der Waals surface area contributed by atoms with E-state index in [1.807, 2.05) is 24.3 Å². The molecular weight excluding hydrogens is 228 g/mol. The van der Waals surface area contributed by atoms with E-state index in [1.54, 1.807) is 25.6 Å². The zero-order chi connectivity index (χ0) is 13.0. The summed E-state index contributed by atoms with van der Waals surface area (Å²) in [5.74, 6) is 0.612. The molecule has 1 amide bonds. The molecule has 0 bridgehead atoms. The lowest BCUT2D eigenvalue weighted by Gasteiger charge is -2.11. The largest absolute Gasteiger partial charge is 0.496 e. The van der Waals surface area contributed by atoms with Gasteiger partial charge in [0.1, 0.15) is 5.75 Å². The summed E-state index contributed by atoms with van der Waals surface area (Å²) in [5.41, 5.74) is 2.71. The van der Waals surface area contributed by atoms with Crippen LogP contribution in [0.25, 0.3) is 11.1 Å². The molecule has 0 fully saturated rings. The molecule has 1 aromatic carbocycles. The van der Waals surface area contributed by atoms with Crippen LogP contribution in [0.1, 0.15) is 6.92 Å². The fourth-order valence-corrected chi connectivity index (χ4v) is 1.74. The Labute approximate surface area is 106 Å². The molecule has 0 spiro atoms. The first-order valence-corrected chi connectivity index (χ1v) is 5.56. The van der Waals surface area contributed by atoms with Crippen molar-refractivity contribution in [3.05, 3.63) is 42.7 Å². The average molecular weight is 242 g/mol. The molecule has 0 atom stereocenters. The van der Waals surface area contributed by atoms with Crippen LogP contribution in [0.2, 0.25) is 0 Å². The monoisotopic (exact) mass is 242 g/mol. The summed E-state index contributed by atoms with van der Waals surface area (Å²) in [6.07, 6.45) is 3.47. The molecule has 2 aromatic rings. The van der Waals surface area contributed by atoms with E-state index in [0.29, 0.717) is 5.75 Å². The van der Waals surface area contributed by atoms with Gasteiger partial charge in [0.2, 0.25) is 5.91 Å². The summed E-state index contributed by atoms with van der Waals surface area (Å²) >= 11 is 0. The lowest BCUT2D eigenvalue weighted by molar-refractivity contribution is -0.114. The molecule has 0 saturated heterocycles. The third kappa shape index (κ3) is 2.66. The van der Waals surface area contributed by atoms with E-state index >= 15 is 0 Å². The molecule has 0 radical (unpaired) electrons. The first-order valence-electron chi connectivity index (χ1n) is 5.56. The molecule has 1 N–H and O–H groups in total. The Bertz CT molecular complexity index is 553. The van der Waals surface area contributed by atoms with Crippen molar-refractivity contribution < 1.29 is 9.53 Å². The highest BCUT2D eigenvalue weighted by atomic mass is 16.5. The minimum absolute atomic E-state index is 0.103. The molecule has 18 heavy (non-hydrogen) atoms. The SMILES string of the molecule is COc1cc(NC(C)=O)ccc1-c1ccncc1. The number of ether oxygens (including phenoxy) is 1. The molecule has 0 unspecified atom stereocenters. The minimum atomic E-state index is -0.103. The van der Waals surface area contributed by atoms with Crippen molar-refractivity contribution in [2.75, 3.05) is 12.4 Å². The summed E-state index contributed by atoms with van der Waals surface area (Å²) in [4.78, 5) is 15.0. The normalized spacial score (nSPS) is 9.89. The van der Waals surface area contributed by atoms with E-state index in [0.717, 1.165) is 16.8 Å². The number of nitrogens with zero attached hydrogens (tertiary/aromatic N) is 1. The Morgan fingerprint density at radius 1 is 1.22 bits per heavy atom. The van der Waals surface area contributed by atoms with E-state index in [4.69, 9.17) is 4.74 Å². The molecule has 92 valence electrons. The number of hydrogen-bond acceptors (Lipinski definition) is 3. The number of carbonyl (C=O) groups excluding carboxylic acids is 1. The molecule has 0 saturated carbocycles. The quantitative estimate of drug-likeness (QED) is 0.900. The molecule has 0 aliphatic rings. The van der Waals surface area contributed by atoms with Gasteiger partial charge in [-0.25, -0.2) is 0 Å². The van der Waals surface area contributed by atoms with Crippen molar-refractivity contribution in [1.29, 1.82) is 0 Å². The van der Waals surface area contributed by atoms with Crippen molar-refractivity contribution in [3.63, 3.8) is 0 Å². The molecule has 0 aliphatic heterocycles. The zero-order valence-corrected chi connectivity index (χ0v) is 10.3. The first-order chi connectivity index (χ1) is 8.70. The van der Waals surface area contributed by atoms with Crippen LogP contribution in [0, 0.1) is 0 Å². The predicted molar refractivity (Wildman–Crippen MR) is 70.5 cm³/mol. The number of pyridine rings is 1. The molecule has 1 heterocycles. The van der Waals surface area contributed by atoms with Gasteiger partial charge >= 0.3 is 0 Å². The van der Waals surface area contributed by atoms with E-state index in [1.165, 1.54) is 6.92 Å². The maximum Gasteiger partial charge on any atom is 0.221 e. The lowest BCUT2D eigenvalue weighted by Crippen LogP contribution is -2.05. The smallest absolute Gasteiger partial charge is 0.221 e. The van der Waals surface area contributed by atoms with Crippen molar-refractivity contribution in [3.8, 4) is 16.9 Å². The highest BCUT2D eigenvalue weighted by Gasteiger charge is 2.07. The highest BCUT2D eigenvalue weighted by Crippen LogP contribution is 2.31. The van der Waals surface area contributed by atoms with Gasteiger partial charge in [0.15, 0.2) is 0 Å². The second-order valence-corrected chi connectivity index (χ2v) is 3.83. The minimum Gasteiger partial charge on any atom is -0.496 e. The fraction of sp³-hybridized carbons (Fsp3) is 0.143. The Kier molecular flexibility index (Phi) is 3.57. The number of carbonyl (C=O) groups is 1. The highest BCUT2D eigenvalue weighted by molar-refractivity contribution is 5.89. The number of benzene rings is 1. The molecule has 4 nitrogen and oxygen atoms in total. The van der Waals surface area contributed by atoms with Gasteiger partial charge in [-0.15, -0.1) is 0 Å². The van der Waals surface area contributed by atoms with E-state index < -0.39 is 0 Å². The van der Waals surface area contributed by atoms with Crippen LogP contribution in [0.4, 0.5) is 5.69 Å². The van der Waals surface area contributed by atoms with E-state index in [-0.39, 0.29) is 5.91 Å². The van der Waals surface area contributed by atoms with Gasteiger partial charge < -0.3 is 10.1 Å². The van der Waals surface area contributed by atoms with Gasteiger partial charge in [-0.05, 0) is 29.8 Å². The lowest BCUT2D eigenvalue weighted by atomic mass is 10.1. The number of hydrogen-bond donors (Lipinski definition) is 1. The Morgan fingerprint density at radius 3 is 2.56 bits per heavy atom. The first kappa shape index (κ1) is 12.1. The van der Waals surface area contributed by atoms with Crippen molar-refractivity contribution in [1.82, 2.24) is 4.98 Å². The molecule has 4 heteroatoms. The van der Waals surface area contributed by atoms with Crippen LogP contribution < -0.4 is 10.1 Å². The summed E-state index contributed by atoms with van der Waals surface area (Å²) < 4.78 is 5.35. The Hall–Kier alpha value is -2.36. The molecule has 0 aliphatic carbocycles. The second kappa shape index (κ2) is 5.31. The van der Waals surface area contributed by atoms with Gasteiger partial charge in [-0.1, -0.05) is 0 Å². The summed E-state index contributed by atoms with van der Waals surface area (Å²) in [6.45, 7) is 1.48. The van der Waals surface area contributed by atoms with Crippen molar-refractivity contribution in [2.45, 2.75) is 6.92 Å². The fourth-order valence-electron chi connectivity index (χ4n) is 1.74. The standard InChI is InChI=1S/C14H14N2O2/c1-10(17)16-12-3-4-13(14(9-12)18-2)11-5-7-15-8-6-11/h3-9H,1-2H3,(H,16,17). The number of nitrogens with one attached hydrogen (secondary N) is 1. The van der Waals surface area contributed by atoms with Crippen LogP contribution in [0.5, 0.6) is 5.75 Å². The average Bonchev–Trinajstić information content (AvgIpc) is 2.39. The summed E-state index contributed by atoms with van der Waals surface area (Å²) in [6, 6.07) is 9.39. The summed E-state index contributed by atoms with van der Waals surface area (Å²) in [5, 5.41) is 2.73. The maximum absolute atomic E-state index is 11.0. The van der Waals surface area contributed by atoms with Gasteiger partial charge in [0, 0.05) is 36.6 Å². The van der Waals surface area contributed by atoms with E-state index in [2.05, 4.69) is 10.3 Å². The Morgan fingerprint density at radius 2 is 1.94 bits per heavy atom. The van der Waals surface area contributed by atoms with Crippen LogP contribution >= 0.6 is 0 Å². The molecule has 2 rings (SSSR count). The second-order valence-electron chi connectivity index (χ2n) is 3.83. The van der Waals surface area contributed by atoms with Crippen molar-refractivity contribution in [2.24, 2.45) is 0 Å². The van der Waals surface area contributed by atoms with E-state index in [9.17, 15) is 4.79 Å². The summed E-state index contributed by atoms with van der Waals surface area (Å²) in [7, 11) is 1.61. The van der Waals surface area contributed by atoms with Crippen LogP contribution in [0.3, 0.4) is 0 Å². The maximum atomic E-state index is 11.0. The number of anilines is 1. The van der Waals surface area contributed by atoms with Gasteiger partial charge in [0.25, 0.3) is 0 Å². The third-order valence-electron chi connectivity index (χ3n) is 2.51. The predicted octanol–water partition coefficient (Wildman–Crippen LogP) is 2.72. The van der Waals surface area contributed by atoms with Gasteiger partial charge in [-0.2, -0.15) is 0 Å². The van der Waals surface area contributed by atoms with Gasteiger partial charge in [0.05, 0.1) is 7.11 Å². The number of aromatic nitrogens is 1. The van der Waals surface area contributed by atoms with Gasteiger partial charge in [-0.3, -0.25) is 9.78 Å². The van der Waals surface area contributed by atoms with Crippen LogP contribution in [-0.4, -0.2) is 18.0 Å². The number of methoxy groups -OCH3 is 1. The number of amides is 1. The topological polar surface area (TPSA) is 51.2 Å². The third-order valence-corrected chi connectivity index (χ3v) is 2.51. The zero-order valence-electron chi connectivity index (χ0n) is 10.3. The molecular formula is C14H14N2O2. The van der Waals surface area contributed by atoms with Crippen molar-refractivity contribution >= 4 is 11.6 Å².